The minimum absolute atomic E-state index is 0.0758. The first kappa shape index (κ1) is 16.6. The molecule has 1 fully saturated rings. The fraction of sp³-hybridized carbons (Fsp3) is 0.350. The Labute approximate surface area is 152 Å². The summed E-state index contributed by atoms with van der Waals surface area (Å²) < 4.78 is 1.97. The molecule has 6 nitrogen and oxygen atoms in total. The fourth-order valence-corrected chi connectivity index (χ4v) is 3.14. The topological polar surface area (TPSA) is 63.1 Å². The second-order valence-corrected chi connectivity index (χ2v) is 7.07. The van der Waals surface area contributed by atoms with Gasteiger partial charge in [0.2, 0.25) is 0 Å². The molecule has 1 aliphatic rings. The lowest BCUT2D eigenvalue weighted by Gasteiger charge is -2.22. The van der Waals surface area contributed by atoms with E-state index in [4.69, 9.17) is 0 Å². The molecule has 1 aliphatic carbocycles. The van der Waals surface area contributed by atoms with Crippen molar-refractivity contribution in [2.75, 3.05) is 5.32 Å². The van der Waals surface area contributed by atoms with E-state index in [2.05, 4.69) is 29.2 Å². The molecule has 4 rings (SSSR count). The number of fused-ring (bicyclic) bond motifs is 1. The van der Waals surface area contributed by atoms with Crippen LogP contribution >= 0.6 is 0 Å². The van der Waals surface area contributed by atoms with Crippen LogP contribution in [0.1, 0.15) is 38.4 Å². The molecule has 0 saturated heterocycles. The van der Waals surface area contributed by atoms with Crippen LogP contribution in [0.25, 0.3) is 10.9 Å². The fourth-order valence-electron chi connectivity index (χ4n) is 3.14. The molecule has 1 saturated carbocycles. The Morgan fingerprint density at radius 3 is 2.85 bits per heavy atom. The number of aromatic nitrogens is 3. The smallest absolute Gasteiger partial charge is 0.316 e. The lowest BCUT2D eigenvalue weighted by atomic mass is 10.2. The van der Waals surface area contributed by atoms with Crippen molar-refractivity contribution in [1.82, 2.24) is 19.7 Å². The highest BCUT2D eigenvalue weighted by molar-refractivity contribution is 5.92. The van der Waals surface area contributed by atoms with Crippen molar-refractivity contribution in [2.45, 2.75) is 45.3 Å². The molecule has 134 valence electrons. The van der Waals surface area contributed by atoms with Gasteiger partial charge in [0.15, 0.2) is 0 Å². The highest BCUT2D eigenvalue weighted by atomic mass is 16.2. The van der Waals surface area contributed by atoms with E-state index in [0.29, 0.717) is 12.6 Å². The quantitative estimate of drug-likeness (QED) is 0.750. The van der Waals surface area contributed by atoms with Crippen LogP contribution in [0.2, 0.25) is 0 Å². The zero-order valence-corrected chi connectivity index (χ0v) is 15.1. The van der Waals surface area contributed by atoms with Crippen LogP contribution < -0.4 is 5.32 Å². The van der Waals surface area contributed by atoms with E-state index in [1.165, 1.54) is 0 Å². The van der Waals surface area contributed by atoms with E-state index in [1.54, 1.807) is 6.20 Å². The molecular formula is C20H23N5O. The van der Waals surface area contributed by atoms with Gasteiger partial charge in [-0.25, -0.2) is 4.79 Å². The first-order valence-electron chi connectivity index (χ1n) is 9.06. The summed E-state index contributed by atoms with van der Waals surface area (Å²) in [5, 5.41) is 8.55. The first-order valence-corrected chi connectivity index (χ1v) is 9.06. The summed E-state index contributed by atoms with van der Waals surface area (Å²) in [5.41, 5.74) is 2.72. The number of benzene rings is 1. The summed E-state index contributed by atoms with van der Waals surface area (Å²) in [5.74, 6) is 0. The minimum atomic E-state index is -0.0758. The Morgan fingerprint density at radius 1 is 1.31 bits per heavy atom. The second-order valence-electron chi connectivity index (χ2n) is 7.07. The summed E-state index contributed by atoms with van der Waals surface area (Å²) in [6.07, 6.45) is 5.73. The summed E-state index contributed by atoms with van der Waals surface area (Å²) >= 11 is 0. The van der Waals surface area contributed by atoms with Gasteiger partial charge in [0, 0.05) is 29.4 Å². The molecule has 2 amide bonds. The summed E-state index contributed by atoms with van der Waals surface area (Å²) in [7, 11) is 0. The van der Waals surface area contributed by atoms with Gasteiger partial charge in [-0.15, -0.1) is 0 Å². The van der Waals surface area contributed by atoms with E-state index in [9.17, 15) is 4.79 Å². The van der Waals surface area contributed by atoms with E-state index < -0.39 is 0 Å². The number of rotatable bonds is 5. The predicted octanol–water partition coefficient (Wildman–Crippen LogP) is 4.21. The third-order valence-electron chi connectivity index (χ3n) is 4.65. The van der Waals surface area contributed by atoms with Crippen molar-refractivity contribution in [1.29, 1.82) is 0 Å². The van der Waals surface area contributed by atoms with Crippen molar-refractivity contribution >= 4 is 22.6 Å². The molecule has 0 radical (unpaired) electrons. The number of carbonyl (C=O) groups excluding carboxylic acids is 1. The van der Waals surface area contributed by atoms with Crippen LogP contribution in [0, 0.1) is 0 Å². The lowest BCUT2D eigenvalue weighted by molar-refractivity contribution is 0.205. The lowest BCUT2D eigenvalue weighted by Crippen LogP contribution is -2.36. The largest absolute Gasteiger partial charge is 0.322 e. The molecular weight excluding hydrogens is 326 g/mol. The zero-order chi connectivity index (χ0) is 18.1. The van der Waals surface area contributed by atoms with Gasteiger partial charge in [0.05, 0.1) is 24.0 Å². The number of urea groups is 1. The highest BCUT2D eigenvalue weighted by Gasteiger charge is 2.33. The highest BCUT2D eigenvalue weighted by Crippen LogP contribution is 2.29. The Kier molecular flexibility index (Phi) is 4.32. The van der Waals surface area contributed by atoms with Crippen LogP contribution in [0.3, 0.4) is 0 Å². The standard InChI is InChI=1S/C20H23N5O/c1-14(2)25-19-11-16(7-6-15(19)12-22-25)23-20(26)24(18-8-9-18)13-17-5-3-4-10-21-17/h3-7,10-12,14,18H,8-9,13H2,1-2H3,(H,23,26). The number of hydrogen-bond acceptors (Lipinski definition) is 3. The van der Waals surface area contributed by atoms with Gasteiger partial charge in [-0.3, -0.25) is 9.67 Å². The third-order valence-corrected chi connectivity index (χ3v) is 4.65. The molecule has 1 N–H and O–H groups in total. The molecule has 26 heavy (non-hydrogen) atoms. The monoisotopic (exact) mass is 349 g/mol. The number of pyridine rings is 1. The molecule has 0 unspecified atom stereocenters. The average Bonchev–Trinajstić information content (AvgIpc) is 3.39. The molecule has 1 aromatic carbocycles. The second kappa shape index (κ2) is 6.78. The van der Waals surface area contributed by atoms with Crippen LogP contribution in [0.4, 0.5) is 10.5 Å². The van der Waals surface area contributed by atoms with Crippen molar-refractivity contribution in [3.05, 3.63) is 54.5 Å². The van der Waals surface area contributed by atoms with Gasteiger partial charge in [-0.05, 0) is 57.0 Å². The SMILES string of the molecule is CC(C)n1ncc2ccc(NC(=O)N(Cc3ccccn3)C3CC3)cc21. The Bertz CT molecular complexity index is 914. The maximum absolute atomic E-state index is 12.9. The Balaban J connectivity index is 1.54. The molecule has 2 aromatic heterocycles. The molecule has 0 aliphatic heterocycles. The van der Waals surface area contributed by atoms with Crippen LogP contribution in [0.15, 0.2) is 48.8 Å². The number of carbonyl (C=O) groups is 1. The number of anilines is 1. The first-order chi connectivity index (χ1) is 12.6. The predicted molar refractivity (Wildman–Crippen MR) is 102 cm³/mol. The van der Waals surface area contributed by atoms with Crippen LogP contribution in [0.5, 0.6) is 0 Å². The normalized spacial score (nSPS) is 14.0. The maximum Gasteiger partial charge on any atom is 0.322 e. The number of nitrogens with zero attached hydrogens (tertiary/aromatic N) is 4. The van der Waals surface area contributed by atoms with E-state index >= 15 is 0 Å². The summed E-state index contributed by atoms with van der Waals surface area (Å²) in [6, 6.07) is 12.2. The van der Waals surface area contributed by atoms with Gasteiger partial charge in [0.25, 0.3) is 0 Å². The van der Waals surface area contributed by atoms with Gasteiger partial charge in [0.1, 0.15) is 0 Å². The summed E-state index contributed by atoms with van der Waals surface area (Å²) in [6.45, 7) is 4.72. The molecule has 6 heteroatoms. The molecule has 0 atom stereocenters. The van der Waals surface area contributed by atoms with Crippen molar-refractivity contribution < 1.29 is 4.79 Å². The van der Waals surface area contributed by atoms with Crippen molar-refractivity contribution in [3.8, 4) is 0 Å². The van der Waals surface area contributed by atoms with E-state index in [0.717, 1.165) is 35.1 Å². The van der Waals surface area contributed by atoms with Crippen molar-refractivity contribution in [3.63, 3.8) is 0 Å². The number of nitrogens with one attached hydrogen (secondary N) is 1. The molecule has 0 spiro atoms. The number of hydrogen-bond donors (Lipinski definition) is 1. The molecule has 3 aromatic rings. The van der Waals surface area contributed by atoms with Gasteiger partial charge in [-0.2, -0.15) is 5.10 Å². The average molecular weight is 349 g/mol. The molecule has 2 heterocycles. The Hall–Kier alpha value is -2.89. The van der Waals surface area contributed by atoms with Crippen LogP contribution in [-0.4, -0.2) is 31.7 Å². The van der Waals surface area contributed by atoms with Gasteiger partial charge in [-0.1, -0.05) is 6.07 Å². The summed E-state index contributed by atoms with van der Waals surface area (Å²) in [4.78, 5) is 19.1. The van der Waals surface area contributed by atoms with Gasteiger partial charge >= 0.3 is 6.03 Å². The van der Waals surface area contributed by atoms with Crippen molar-refractivity contribution in [2.24, 2.45) is 0 Å². The third kappa shape index (κ3) is 3.40. The Morgan fingerprint density at radius 2 is 2.15 bits per heavy atom. The van der Waals surface area contributed by atoms with E-state index in [-0.39, 0.29) is 12.1 Å². The van der Waals surface area contributed by atoms with E-state index in [1.807, 2.05) is 52.2 Å². The molecule has 0 bridgehead atoms. The van der Waals surface area contributed by atoms with Crippen LogP contribution in [-0.2, 0) is 6.54 Å². The maximum atomic E-state index is 12.9. The zero-order valence-electron chi connectivity index (χ0n) is 15.1. The number of amides is 2. The minimum Gasteiger partial charge on any atom is -0.316 e. The van der Waals surface area contributed by atoms with Gasteiger partial charge < -0.3 is 10.2 Å².